The number of esters is 1. The molecule has 6 nitrogen and oxygen atoms in total. The van der Waals surface area contributed by atoms with Crippen LogP contribution in [-0.2, 0) is 11.3 Å². The lowest BCUT2D eigenvalue weighted by Gasteiger charge is -2.33. The number of hydrogen-bond donors (Lipinski definition) is 1. The molecule has 132 valence electrons. The van der Waals surface area contributed by atoms with Crippen LogP contribution in [0.2, 0.25) is 0 Å². The second kappa shape index (κ2) is 7.19. The highest BCUT2D eigenvalue weighted by Gasteiger charge is 2.34. The van der Waals surface area contributed by atoms with Gasteiger partial charge in [-0.1, -0.05) is 37.3 Å². The Labute approximate surface area is 146 Å². The molecule has 0 bridgehead atoms. The summed E-state index contributed by atoms with van der Waals surface area (Å²) in [6.45, 7) is 4.39. The predicted octanol–water partition coefficient (Wildman–Crippen LogP) is 2.28. The van der Waals surface area contributed by atoms with Crippen molar-refractivity contribution in [2.45, 2.75) is 38.8 Å². The Balaban J connectivity index is 2.03. The van der Waals surface area contributed by atoms with Crippen LogP contribution in [0.15, 0.2) is 41.3 Å². The number of ether oxygens (including phenoxy) is 1. The van der Waals surface area contributed by atoms with E-state index in [1.165, 1.54) is 10.8 Å². The summed E-state index contributed by atoms with van der Waals surface area (Å²) in [7, 11) is 0. The monoisotopic (exact) mass is 342 g/mol. The number of carbonyl (C=O) groups excluding carboxylic acids is 1. The molecule has 0 unspecified atom stereocenters. The molecular weight excluding hydrogens is 320 g/mol. The average molecular weight is 342 g/mol. The molecule has 25 heavy (non-hydrogen) atoms. The quantitative estimate of drug-likeness (QED) is 0.862. The van der Waals surface area contributed by atoms with Gasteiger partial charge < -0.3 is 9.84 Å². The minimum Gasteiger partial charge on any atom is -0.462 e. The highest BCUT2D eigenvalue weighted by Crippen LogP contribution is 2.38. The molecule has 0 radical (unpaired) electrons. The van der Waals surface area contributed by atoms with Crippen molar-refractivity contribution in [3.8, 4) is 0 Å². The molecule has 1 N–H and O–H groups in total. The molecule has 0 saturated heterocycles. The maximum atomic E-state index is 12.7. The molecule has 2 heterocycles. The third-order valence-corrected chi connectivity index (χ3v) is 4.58. The molecular formula is C19H22N2O4. The van der Waals surface area contributed by atoms with Crippen LogP contribution in [0.25, 0.3) is 0 Å². The van der Waals surface area contributed by atoms with E-state index in [4.69, 9.17) is 4.74 Å². The van der Waals surface area contributed by atoms with Gasteiger partial charge in [-0.3, -0.25) is 9.36 Å². The zero-order valence-electron chi connectivity index (χ0n) is 14.4. The molecule has 0 fully saturated rings. The fourth-order valence-corrected chi connectivity index (χ4v) is 3.40. The summed E-state index contributed by atoms with van der Waals surface area (Å²) in [6.07, 6.45) is 1.24. The van der Waals surface area contributed by atoms with Crippen molar-refractivity contribution >= 4 is 5.97 Å². The lowest BCUT2D eigenvalue weighted by atomic mass is 9.84. The van der Waals surface area contributed by atoms with E-state index in [-0.39, 0.29) is 24.0 Å². The highest BCUT2D eigenvalue weighted by atomic mass is 16.5. The Kier molecular flexibility index (Phi) is 4.99. The van der Waals surface area contributed by atoms with Gasteiger partial charge in [0, 0.05) is 18.7 Å². The summed E-state index contributed by atoms with van der Waals surface area (Å²) in [4.78, 5) is 29.0. The second-order valence-corrected chi connectivity index (χ2v) is 6.47. The van der Waals surface area contributed by atoms with Crippen molar-refractivity contribution < 1.29 is 14.6 Å². The van der Waals surface area contributed by atoms with Crippen molar-refractivity contribution in [3.05, 3.63) is 63.8 Å². The van der Waals surface area contributed by atoms with Crippen LogP contribution in [0.1, 0.15) is 54.0 Å². The molecule has 2 aromatic rings. The van der Waals surface area contributed by atoms with E-state index < -0.39 is 17.6 Å². The van der Waals surface area contributed by atoms with Crippen LogP contribution in [0.4, 0.5) is 0 Å². The Morgan fingerprint density at radius 1 is 1.40 bits per heavy atom. The first-order valence-corrected chi connectivity index (χ1v) is 8.52. The molecule has 1 aromatic heterocycles. The predicted molar refractivity (Wildman–Crippen MR) is 92.4 cm³/mol. The van der Waals surface area contributed by atoms with Crippen LogP contribution < -0.4 is 5.56 Å². The van der Waals surface area contributed by atoms with Crippen LogP contribution in [0.3, 0.4) is 0 Å². The van der Waals surface area contributed by atoms with Gasteiger partial charge in [0.2, 0.25) is 0 Å². The largest absolute Gasteiger partial charge is 0.462 e. The van der Waals surface area contributed by atoms with Gasteiger partial charge in [-0.2, -0.15) is 0 Å². The molecule has 1 aliphatic heterocycles. The highest BCUT2D eigenvalue weighted by molar-refractivity contribution is 5.88. The van der Waals surface area contributed by atoms with Crippen molar-refractivity contribution in [2.75, 3.05) is 6.61 Å². The first kappa shape index (κ1) is 17.4. The van der Waals surface area contributed by atoms with E-state index in [0.29, 0.717) is 12.4 Å². The molecule has 3 atom stereocenters. The molecule has 1 aromatic carbocycles. The van der Waals surface area contributed by atoms with Gasteiger partial charge >= 0.3 is 5.97 Å². The van der Waals surface area contributed by atoms with Crippen LogP contribution >= 0.6 is 0 Å². The van der Waals surface area contributed by atoms with E-state index >= 15 is 0 Å². The van der Waals surface area contributed by atoms with Crippen molar-refractivity contribution in [2.24, 2.45) is 5.92 Å². The minimum atomic E-state index is -0.754. The van der Waals surface area contributed by atoms with E-state index in [2.05, 4.69) is 4.98 Å². The van der Waals surface area contributed by atoms with E-state index in [1.54, 1.807) is 6.92 Å². The number of carbonyl (C=O) groups is 1. The number of aliphatic hydroxyl groups excluding tert-OH is 1. The number of fused-ring (bicyclic) bond motifs is 1. The number of benzene rings is 1. The van der Waals surface area contributed by atoms with Gasteiger partial charge in [0.05, 0.1) is 12.7 Å². The van der Waals surface area contributed by atoms with Gasteiger partial charge in [-0.25, -0.2) is 9.78 Å². The molecule has 0 saturated carbocycles. The fraction of sp³-hybridized carbons (Fsp3) is 0.421. The van der Waals surface area contributed by atoms with Gasteiger partial charge in [0.1, 0.15) is 11.4 Å². The maximum Gasteiger partial charge on any atom is 0.345 e. The number of aliphatic hydroxyl groups is 1. The Bertz CT molecular complexity index is 816. The second-order valence-electron chi connectivity index (χ2n) is 6.47. The SMILES string of the molecule is CCOC(=O)c1cnc2n(c1=O)C[C@H](C)C[C@H]2[C@H](O)c1ccccc1. The standard InChI is InChI=1S/C19H22N2O4/c1-3-25-19(24)15-10-20-17-14(9-12(2)11-21(17)18(15)23)16(22)13-7-5-4-6-8-13/h4-8,10,12,14,16,22H,3,9,11H2,1-2H3/t12-,14+,16-/m1/s1. The first-order valence-electron chi connectivity index (χ1n) is 8.52. The van der Waals surface area contributed by atoms with Crippen molar-refractivity contribution in [1.82, 2.24) is 9.55 Å². The van der Waals surface area contributed by atoms with Gasteiger partial charge in [0.25, 0.3) is 5.56 Å². The zero-order chi connectivity index (χ0) is 18.0. The van der Waals surface area contributed by atoms with Crippen LogP contribution in [0.5, 0.6) is 0 Å². The summed E-state index contributed by atoms with van der Waals surface area (Å²) in [5.41, 5.74) is 0.324. The topological polar surface area (TPSA) is 81.4 Å². The Morgan fingerprint density at radius 2 is 2.12 bits per heavy atom. The molecule has 6 heteroatoms. The molecule has 0 amide bonds. The first-order chi connectivity index (χ1) is 12.0. The van der Waals surface area contributed by atoms with Crippen LogP contribution in [0, 0.1) is 5.92 Å². The van der Waals surface area contributed by atoms with Gasteiger partial charge in [-0.15, -0.1) is 0 Å². The Hall–Kier alpha value is -2.47. The molecule has 0 aliphatic carbocycles. The van der Waals surface area contributed by atoms with E-state index in [9.17, 15) is 14.7 Å². The molecule has 3 rings (SSSR count). The van der Waals surface area contributed by atoms with Gasteiger partial charge in [0.15, 0.2) is 0 Å². The minimum absolute atomic E-state index is 0.0624. The van der Waals surface area contributed by atoms with Gasteiger partial charge in [-0.05, 0) is 24.8 Å². The number of hydrogen-bond acceptors (Lipinski definition) is 5. The van der Waals surface area contributed by atoms with E-state index in [1.807, 2.05) is 37.3 Å². The summed E-state index contributed by atoms with van der Waals surface area (Å²) >= 11 is 0. The van der Waals surface area contributed by atoms with E-state index in [0.717, 1.165) is 12.0 Å². The van der Waals surface area contributed by atoms with Crippen molar-refractivity contribution in [1.29, 1.82) is 0 Å². The molecule has 0 spiro atoms. The normalized spacial score (nSPS) is 20.6. The molecule has 1 aliphatic rings. The van der Waals surface area contributed by atoms with Crippen molar-refractivity contribution in [3.63, 3.8) is 0 Å². The summed E-state index contributed by atoms with van der Waals surface area (Å²) in [6, 6.07) is 9.35. The number of aromatic nitrogens is 2. The Morgan fingerprint density at radius 3 is 2.80 bits per heavy atom. The third kappa shape index (κ3) is 3.35. The summed E-state index contributed by atoms with van der Waals surface area (Å²) in [5, 5.41) is 10.8. The average Bonchev–Trinajstić information content (AvgIpc) is 2.62. The number of nitrogens with zero attached hydrogens (tertiary/aromatic N) is 2. The fourth-order valence-electron chi connectivity index (χ4n) is 3.40. The lowest BCUT2D eigenvalue weighted by molar-refractivity contribution is 0.0521. The summed E-state index contributed by atoms with van der Waals surface area (Å²) < 4.78 is 6.44. The smallest absolute Gasteiger partial charge is 0.345 e. The summed E-state index contributed by atoms with van der Waals surface area (Å²) in [5.74, 6) is -0.246. The number of rotatable bonds is 4. The zero-order valence-corrected chi connectivity index (χ0v) is 14.4. The maximum absolute atomic E-state index is 12.7. The third-order valence-electron chi connectivity index (χ3n) is 4.58. The lowest BCUT2D eigenvalue weighted by Crippen LogP contribution is -2.38. The van der Waals surface area contributed by atoms with Crippen LogP contribution in [-0.4, -0.2) is 27.2 Å².